The van der Waals surface area contributed by atoms with E-state index in [2.05, 4.69) is 5.32 Å². The van der Waals surface area contributed by atoms with Crippen molar-refractivity contribution in [2.45, 2.75) is 18.9 Å². The number of rotatable bonds is 4. The molecule has 23 heavy (non-hydrogen) atoms. The molecular weight excluding hydrogens is 296 g/mol. The Hall–Kier alpha value is -2.89. The van der Waals surface area contributed by atoms with E-state index in [1.54, 1.807) is 12.1 Å². The number of benzene rings is 2. The number of para-hydroxylation sites is 2. The number of ether oxygens (including phenoxy) is 1. The van der Waals surface area contributed by atoms with E-state index in [0.717, 1.165) is 11.3 Å². The molecule has 0 unspecified atom stereocenters. The van der Waals surface area contributed by atoms with Crippen molar-refractivity contribution in [3.63, 3.8) is 0 Å². The van der Waals surface area contributed by atoms with Gasteiger partial charge in [-0.3, -0.25) is 14.9 Å². The summed E-state index contributed by atoms with van der Waals surface area (Å²) in [5.41, 5.74) is 0.916. The van der Waals surface area contributed by atoms with Gasteiger partial charge in [0.2, 0.25) is 0 Å². The molecule has 0 fully saturated rings. The minimum absolute atomic E-state index is 0.0259. The van der Waals surface area contributed by atoms with Crippen LogP contribution in [0.1, 0.15) is 28.8 Å². The van der Waals surface area contributed by atoms with Crippen LogP contribution in [0.4, 0.5) is 5.69 Å². The van der Waals surface area contributed by atoms with E-state index in [1.165, 1.54) is 12.1 Å². The summed E-state index contributed by atoms with van der Waals surface area (Å²) in [6, 6.07) is 13.4. The third-order valence-corrected chi connectivity index (χ3v) is 4.04. The number of hydrogen-bond acceptors (Lipinski definition) is 4. The summed E-state index contributed by atoms with van der Waals surface area (Å²) in [6.07, 6.45) is 0. The van der Waals surface area contributed by atoms with Crippen molar-refractivity contribution < 1.29 is 14.5 Å². The maximum absolute atomic E-state index is 12.4. The molecule has 1 amide bonds. The van der Waals surface area contributed by atoms with E-state index in [0.29, 0.717) is 6.61 Å². The summed E-state index contributed by atoms with van der Waals surface area (Å²) in [6.45, 7) is 2.36. The number of carbonyl (C=O) groups is 1. The van der Waals surface area contributed by atoms with Crippen LogP contribution < -0.4 is 10.1 Å². The molecule has 1 aliphatic rings. The number of carbonyl (C=O) groups excluding carboxylic acids is 1. The van der Waals surface area contributed by atoms with Crippen molar-refractivity contribution in [2.24, 2.45) is 0 Å². The van der Waals surface area contributed by atoms with E-state index in [1.807, 2.05) is 31.2 Å². The molecule has 1 N–H and O–H groups in total. The maximum Gasteiger partial charge on any atom is 0.282 e. The first-order valence-electron chi connectivity index (χ1n) is 7.34. The molecule has 6 nitrogen and oxygen atoms in total. The van der Waals surface area contributed by atoms with Crippen LogP contribution in [-0.2, 0) is 0 Å². The van der Waals surface area contributed by atoms with Gasteiger partial charge in [0.15, 0.2) is 0 Å². The fraction of sp³-hybridized carbons (Fsp3) is 0.235. The lowest BCUT2D eigenvalue weighted by molar-refractivity contribution is -0.385. The molecule has 3 rings (SSSR count). The molecule has 1 heterocycles. The lowest BCUT2D eigenvalue weighted by Crippen LogP contribution is -2.37. The van der Waals surface area contributed by atoms with E-state index >= 15 is 0 Å². The Kier molecular flexibility index (Phi) is 3.97. The van der Waals surface area contributed by atoms with Gasteiger partial charge in [-0.15, -0.1) is 0 Å². The Labute approximate surface area is 133 Å². The van der Waals surface area contributed by atoms with E-state index < -0.39 is 10.8 Å². The van der Waals surface area contributed by atoms with E-state index in [9.17, 15) is 14.9 Å². The molecule has 0 bridgehead atoms. The molecule has 0 aromatic heterocycles. The van der Waals surface area contributed by atoms with E-state index in [4.69, 9.17) is 4.74 Å². The minimum atomic E-state index is -0.548. The van der Waals surface area contributed by atoms with Gasteiger partial charge in [-0.2, -0.15) is 0 Å². The van der Waals surface area contributed by atoms with Crippen LogP contribution >= 0.6 is 0 Å². The predicted octanol–water partition coefficient (Wildman–Crippen LogP) is 2.89. The van der Waals surface area contributed by atoms with Crippen molar-refractivity contribution in [3.05, 3.63) is 69.8 Å². The molecule has 6 heteroatoms. The van der Waals surface area contributed by atoms with E-state index in [-0.39, 0.29) is 23.2 Å². The van der Waals surface area contributed by atoms with Crippen LogP contribution in [0.15, 0.2) is 48.5 Å². The van der Waals surface area contributed by atoms with Gasteiger partial charge in [-0.25, -0.2) is 0 Å². The highest BCUT2D eigenvalue weighted by atomic mass is 16.6. The zero-order valence-corrected chi connectivity index (χ0v) is 12.6. The molecule has 2 aromatic carbocycles. The predicted molar refractivity (Wildman–Crippen MR) is 84.7 cm³/mol. The second-order valence-electron chi connectivity index (χ2n) is 5.49. The van der Waals surface area contributed by atoms with Gasteiger partial charge < -0.3 is 10.1 Å². The van der Waals surface area contributed by atoms with Gasteiger partial charge in [0.1, 0.15) is 11.3 Å². The van der Waals surface area contributed by atoms with Crippen LogP contribution in [0.3, 0.4) is 0 Å². The Morgan fingerprint density at radius 3 is 2.74 bits per heavy atom. The molecule has 118 valence electrons. The van der Waals surface area contributed by atoms with Gasteiger partial charge in [-0.1, -0.05) is 30.3 Å². The third-order valence-electron chi connectivity index (χ3n) is 4.04. The molecule has 0 spiro atoms. The van der Waals surface area contributed by atoms with Crippen LogP contribution in [0.5, 0.6) is 5.75 Å². The summed E-state index contributed by atoms with van der Waals surface area (Å²) >= 11 is 0. The Bertz CT molecular complexity index is 760. The Morgan fingerprint density at radius 1 is 1.26 bits per heavy atom. The van der Waals surface area contributed by atoms with Gasteiger partial charge in [0.25, 0.3) is 11.6 Å². The average Bonchev–Trinajstić information content (AvgIpc) is 2.98. The topological polar surface area (TPSA) is 81.5 Å². The number of nitrogens with zero attached hydrogens (tertiary/aromatic N) is 1. The fourth-order valence-electron chi connectivity index (χ4n) is 2.81. The first-order chi connectivity index (χ1) is 11.1. The van der Waals surface area contributed by atoms with Gasteiger partial charge in [0, 0.05) is 23.6 Å². The molecule has 1 aliphatic heterocycles. The number of hydrogen-bond donors (Lipinski definition) is 1. The van der Waals surface area contributed by atoms with Crippen LogP contribution in [0, 0.1) is 10.1 Å². The number of nitro benzene ring substituents is 1. The van der Waals surface area contributed by atoms with Crippen LogP contribution in [0.25, 0.3) is 0 Å². The fourth-order valence-corrected chi connectivity index (χ4v) is 2.81. The third kappa shape index (κ3) is 2.88. The second kappa shape index (κ2) is 6.08. The minimum Gasteiger partial charge on any atom is -0.493 e. The highest BCUT2D eigenvalue weighted by Crippen LogP contribution is 2.35. The normalized spacial score (nSPS) is 17.0. The molecule has 0 radical (unpaired) electrons. The van der Waals surface area contributed by atoms with Crippen molar-refractivity contribution in [3.8, 4) is 5.75 Å². The molecule has 0 saturated heterocycles. The van der Waals surface area contributed by atoms with Crippen molar-refractivity contribution >= 4 is 11.6 Å². The van der Waals surface area contributed by atoms with Crippen molar-refractivity contribution in [1.29, 1.82) is 0 Å². The lowest BCUT2D eigenvalue weighted by atomic mass is 9.94. The monoisotopic (exact) mass is 312 g/mol. The zero-order valence-electron chi connectivity index (χ0n) is 12.6. The van der Waals surface area contributed by atoms with Gasteiger partial charge in [-0.05, 0) is 19.1 Å². The Morgan fingerprint density at radius 2 is 1.96 bits per heavy atom. The summed E-state index contributed by atoms with van der Waals surface area (Å²) in [5, 5.41) is 13.9. The standard InChI is InChI=1S/C17H16N2O4/c1-11(14-10-23-16-9-5-3-6-12(14)16)18-17(20)13-7-2-4-8-15(13)19(21)22/h2-9,11,14H,10H2,1H3,(H,18,20)/t11-,14-/m1/s1. The molecule has 2 aromatic rings. The maximum atomic E-state index is 12.4. The number of amides is 1. The van der Waals surface area contributed by atoms with Crippen molar-refractivity contribution in [1.82, 2.24) is 5.32 Å². The van der Waals surface area contributed by atoms with Gasteiger partial charge >= 0.3 is 0 Å². The highest BCUT2D eigenvalue weighted by molar-refractivity contribution is 5.98. The summed E-state index contributed by atoms with van der Waals surface area (Å²) in [7, 11) is 0. The number of nitrogens with one attached hydrogen (secondary N) is 1. The second-order valence-corrected chi connectivity index (χ2v) is 5.49. The number of fused-ring (bicyclic) bond motifs is 1. The van der Waals surface area contributed by atoms with Gasteiger partial charge in [0.05, 0.1) is 11.5 Å². The highest BCUT2D eigenvalue weighted by Gasteiger charge is 2.30. The summed E-state index contributed by atoms with van der Waals surface area (Å²) in [4.78, 5) is 22.9. The molecule has 0 aliphatic carbocycles. The lowest BCUT2D eigenvalue weighted by Gasteiger charge is -2.20. The molecule has 0 saturated carbocycles. The first kappa shape index (κ1) is 15.0. The van der Waals surface area contributed by atoms with Crippen LogP contribution in [-0.4, -0.2) is 23.5 Å². The van der Waals surface area contributed by atoms with Crippen molar-refractivity contribution in [2.75, 3.05) is 6.61 Å². The smallest absolute Gasteiger partial charge is 0.282 e. The summed E-state index contributed by atoms with van der Waals surface area (Å²) in [5.74, 6) is 0.399. The molecular formula is C17H16N2O4. The van der Waals surface area contributed by atoms with Crippen LogP contribution in [0.2, 0.25) is 0 Å². The zero-order chi connectivity index (χ0) is 16.4. The summed E-state index contributed by atoms with van der Waals surface area (Å²) < 4.78 is 5.62. The Balaban J connectivity index is 1.78. The SMILES string of the molecule is C[C@@H](NC(=O)c1ccccc1[N+](=O)[O-])[C@H]1COc2ccccc21. The largest absolute Gasteiger partial charge is 0.493 e. The number of nitro groups is 1. The first-order valence-corrected chi connectivity index (χ1v) is 7.34. The molecule has 2 atom stereocenters. The average molecular weight is 312 g/mol. The quantitative estimate of drug-likeness (QED) is 0.695.